The Labute approximate surface area is 116 Å². The van der Waals surface area contributed by atoms with E-state index in [2.05, 4.69) is 49.3 Å². The second-order valence-corrected chi connectivity index (χ2v) is 5.70. The number of ether oxygens (including phenoxy) is 1. The summed E-state index contributed by atoms with van der Waals surface area (Å²) in [7, 11) is 4.20. The number of nitrogens with zero attached hydrogens (tertiary/aromatic N) is 1. The molecule has 0 saturated carbocycles. The number of likely N-dealkylation sites (N-methyl/N-ethyl adjacent to an activating group) is 2. The molecule has 2 unspecified atom stereocenters. The van der Waals surface area contributed by atoms with Gasteiger partial charge in [0.15, 0.2) is 0 Å². The molecule has 2 rings (SSSR count). The molecule has 1 heterocycles. The minimum atomic E-state index is 0.281. The van der Waals surface area contributed by atoms with E-state index in [4.69, 9.17) is 4.74 Å². The maximum Gasteiger partial charge on any atom is 0.0858 e. The van der Waals surface area contributed by atoms with Gasteiger partial charge in [-0.25, -0.2) is 0 Å². The van der Waals surface area contributed by atoms with Crippen molar-refractivity contribution in [3.8, 4) is 0 Å². The predicted molar refractivity (Wildman–Crippen MR) is 79.7 cm³/mol. The molecule has 0 radical (unpaired) electrons. The third-order valence-corrected chi connectivity index (χ3v) is 4.06. The Morgan fingerprint density at radius 2 is 2.21 bits per heavy atom. The fourth-order valence-corrected chi connectivity index (χ4v) is 2.73. The lowest BCUT2D eigenvalue weighted by Crippen LogP contribution is -2.51. The molecule has 3 nitrogen and oxygen atoms in total. The van der Waals surface area contributed by atoms with E-state index in [0.717, 1.165) is 26.1 Å². The fraction of sp³-hybridized carbons (Fsp3) is 0.625. The number of hydrogen-bond donors (Lipinski definition) is 1. The Morgan fingerprint density at radius 1 is 1.42 bits per heavy atom. The number of morpholine rings is 1. The van der Waals surface area contributed by atoms with Crippen LogP contribution < -0.4 is 5.32 Å². The molecule has 0 aromatic heterocycles. The zero-order chi connectivity index (χ0) is 13.8. The molecular formula is C16H26N2O. The second kappa shape index (κ2) is 6.51. The third-order valence-electron chi connectivity index (χ3n) is 4.06. The van der Waals surface area contributed by atoms with Crippen LogP contribution in [0.25, 0.3) is 0 Å². The van der Waals surface area contributed by atoms with Gasteiger partial charge >= 0.3 is 0 Å². The molecule has 19 heavy (non-hydrogen) atoms. The predicted octanol–water partition coefficient (Wildman–Crippen LogP) is 1.76. The summed E-state index contributed by atoms with van der Waals surface area (Å²) in [5, 5.41) is 3.44. The van der Waals surface area contributed by atoms with E-state index < -0.39 is 0 Å². The number of benzene rings is 1. The molecule has 1 saturated heterocycles. The highest BCUT2D eigenvalue weighted by Gasteiger charge is 2.26. The smallest absolute Gasteiger partial charge is 0.0858 e. The first-order valence-electron chi connectivity index (χ1n) is 7.13. The first-order chi connectivity index (χ1) is 9.10. The van der Waals surface area contributed by atoms with Crippen LogP contribution in [0.5, 0.6) is 0 Å². The molecule has 0 spiro atoms. The summed E-state index contributed by atoms with van der Waals surface area (Å²) in [6, 6.07) is 7.07. The average Bonchev–Trinajstić information content (AvgIpc) is 2.39. The van der Waals surface area contributed by atoms with Gasteiger partial charge in [-0.15, -0.1) is 0 Å². The van der Waals surface area contributed by atoms with Gasteiger partial charge in [0.1, 0.15) is 0 Å². The van der Waals surface area contributed by atoms with Crippen molar-refractivity contribution in [2.75, 3.05) is 33.8 Å². The summed E-state index contributed by atoms with van der Waals surface area (Å²) < 4.78 is 5.94. The van der Waals surface area contributed by atoms with Gasteiger partial charge in [0.2, 0.25) is 0 Å². The molecular weight excluding hydrogens is 236 g/mol. The van der Waals surface area contributed by atoms with Crippen LogP contribution >= 0.6 is 0 Å². The van der Waals surface area contributed by atoms with Gasteiger partial charge in [0.05, 0.1) is 12.7 Å². The van der Waals surface area contributed by atoms with Crippen LogP contribution in [0.1, 0.15) is 16.7 Å². The Kier molecular flexibility index (Phi) is 4.97. The maximum atomic E-state index is 5.94. The van der Waals surface area contributed by atoms with Crippen LogP contribution in [-0.4, -0.2) is 50.8 Å². The van der Waals surface area contributed by atoms with Gasteiger partial charge in [-0.3, -0.25) is 0 Å². The summed E-state index contributed by atoms with van der Waals surface area (Å²) in [6.45, 7) is 7.23. The molecule has 1 aromatic carbocycles. The van der Waals surface area contributed by atoms with Crippen molar-refractivity contribution < 1.29 is 4.74 Å². The molecule has 0 amide bonds. The third kappa shape index (κ3) is 3.78. The lowest BCUT2D eigenvalue weighted by molar-refractivity contribution is -0.0372. The zero-order valence-corrected chi connectivity index (χ0v) is 12.6. The molecule has 1 fully saturated rings. The van der Waals surface area contributed by atoms with Crippen molar-refractivity contribution in [1.29, 1.82) is 0 Å². The van der Waals surface area contributed by atoms with E-state index in [0.29, 0.717) is 6.04 Å². The molecule has 2 atom stereocenters. The number of aryl methyl sites for hydroxylation is 2. The van der Waals surface area contributed by atoms with Gasteiger partial charge in [-0.2, -0.15) is 0 Å². The first kappa shape index (κ1) is 14.5. The molecule has 106 valence electrons. The van der Waals surface area contributed by atoms with Gasteiger partial charge in [0.25, 0.3) is 0 Å². The highest BCUT2D eigenvalue weighted by atomic mass is 16.5. The van der Waals surface area contributed by atoms with Crippen molar-refractivity contribution in [3.05, 3.63) is 34.9 Å². The number of rotatable bonds is 4. The van der Waals surface area contributed by atoms with Gasteiger partial charge < -0.3 is 15.0 Å². The van der Waals surface area contributed by atoms with Crippen LogP contribution in [0.2, 0.25) is 0 Å². The van der Waals surface area contributed by atoms with Gasteiger partial charge in [-0.1, -0.05) is 23.8 Å². The van der Waals surface area contributed by atoms with Crippen molar-refractivity contribution in [2.45, 2.75) is 32.4 Å². The second-order valence-electron chi connectivity index (χ2n) is 5.70. The van der Waals surface area contributed by atoms with Crippen LogP contribution in [0, 0.1) is 13.8 Å². The summed E-state index contributed by atoms with van der Waals surface area (Å²) in [5.74, 6) is 0. The van der Waals surface area contributed by atoms with E-state index in [1.54, 1.807) is 0 Å². The molecule has 1 N–H and O–H groups in total. The Balaban J connectivity index is 2.07. The monoisotopic (exact) mass is 262 g/mol. The number of nitrogens with one attached hydrogen (secondary N) is 1. The van der Waals surface area contributed by atoms with Crippen molar-refractivity contribution >= 4 is 0 Å². The number of hydrogen-bond acceptors (Lipinski definition) is 3. The van der Waals surface area contributed by atoms with Crippen molar-refractivity contribution in [3.63, 3.8) is 0 Å². The van der Waals surface area contributed by atoms with E-state index in [9.17, 15) is 0 Å². The maximum absolute atomic E-state index is 5.94. The zero-order valence-electron chi connectivity index (χ0n) is 12.6. The minimum absolute atomic E-state index is 0.281. The quantitative estimate of drug-likeness (QED) is 0.895. The highest BCUT2D eigenvalue weighted by molar-refractivity contribution is 5.31. The van der Waals surface area contributed by atoms with E-state index >= 15 is 0 Å². The summed E-state index contributed by atoms with van der Waals surface area (Å²) in [6.07, 6.45) is 1.31. The fourth-order valence-electron chi connectivity index (χ4n) is 2.73. The van der Waals surface area contributed by atoms with Crippen LogP contribution in [0.3, 0.4) is 0 Å². The minimum Gasteiger partial charge on any atom is -0.374 e. The molecule has 3 heteroatoms. The molecule has 1 aliphatic rings. The van der Waals surface area contributed by atoms with E-state index in [-0.39, 0.29) is 6.10 Å². The molecule has 0 bridgehead atoms. The summed E-state index contributed by atoms with van der Waals surface area (Å²) in [4.78, 5) is 2.35. The normalized spacial score (nSPS) is 22.4. The van der Waals surface area contributed by atoms with E-state index in [1.807, 2.05) is 7.05 Å². The van der Waals surface area contributed by atoms with Gasteiger partial charge in [0, 0.05) is 19.1 Å². The Bertz CT molecular complexity index is 419. The first-order valence-corrected chi connectivity index (χ1v) is 7.13. The summed E-state index contributed by atoms with van der Waals surface area (Å²) >= 11 is 0. The largest absolute Gasteiger partial charge is 0.374 e. The average molecular weight is 262 g/mol. The van der Waals surface area contributed by atoms with Gasteiger partial charge in [-0.05, 0) is 45.5 Å². The SMILES string of the molecule is CNC(Cc1cc(C)ccc1C)C1CN(C)CCO1. The van der Waals surface area contributed by atoms with Crippen LogP contribution in [0.4, 0.5) is 0 Å². The highest BCUT2D eigenvalue weighted by Crippen LogP contribution is 2.16. The standard InChI is InChI=1S/C16H26N2O/c1-12-5-6-13(2)14(9-12)10-15(17-3)16-11-18(4)7-8-19-16/h5-6,9,15-17H,7-8,10-11H2,1-4H3. The topological polar surface area (TPSA) is 24.5 Å². The van der Waals surface area contributed by atoms with Crippen molar-refractivity contribution in [2.24, 2.45) is 0 Å². The Hall–Kier alpha value is -0.900. The lowest BCUT2D eigenvalue weighted by atomic mass is 9.95. The lowest BCUT2D eigenvalue weighted by Gasteiger charge is -2.35. The van der Waals surface area contributed by atoms with Crippen LogP contribution in [-0.2, 0) is 11.2 Å². The van der Waals surface area contributed by atoms with Crippen molar-refractivity contribution in [1.82, 2.24) is 10.2 Å². The molecule has 0 aliphatic carbocycles. The van der Waals surface area contributed by atoms with E-state index in [1.165, 1.54) is 16.7 Å². The molecule has 1 aromatic rings. The Morgan fingerprint density at radius 3 is 2.89 bits per heavy atom. The van der Waals surface area contributed by atoms with Crippen LogP contribution in [0.15, 0.2) is 18.2 Å². The summed E-state index contributed by atoms with van der Waals surface area (Å²) in [5.41, 5.74) is 4.13. The molecule has 1 aliphatic heterocycles.